The van der Waals surface area contributed by atoms with Crippen LogP contribution in [0.3, 0.4) is 0 Å². The van der Waals surface area contributed by atoms with Crippen molar-refractivity contribution in [1.29, 1.82) is 0 Å². The van der Waals surface area contributed by atoms with Crippen molar-refractivity contribution in [3.8, 4) is 11.1 Å². The minimum Gasteiger partial charge on any atom is -0.423 e. The molecule has 200 valence electrons. The summed E-state index contributed by atoms with van der Waals surface area (Å²) in [6.45, 7) is 0. The second-order valence-corrected chi connectivity index (χ2v) is 9.98. The molecular formula is C24H12F8O5S. The molecule has 1 heterocycles. The number of alkyl halides is 6. The zero-order valence-corrected chi connectivity index (χ0v) is 19.2. The van der Waals surface area contributed by atoms with Crippen LogP contribution >= 0.6 is 0 Å². The van der Waals surface area contributed by atoms with Gasteiger partial charge in [0.05, 0.1) is 9.79 Å². The van der Waals surface area contributed by atoms with Gasteiger partial charge in [0.25, 0.3) is 5.60 Å². The average Bonchev–Trinajstić information content (AvgIpc) is 2.81. The van der Waals surface area contributed by atoms with Gasteiger partial charge in [-0.2, -0.15) is 26.3 Å². The Kier molecular flexibility index (Phi) is 6.39. The maximum atomic E-state index is 14.2. The molecule has 3 aromatic carbocycles. The fourth-order valence-electron chi connectivity index (χ4n) is 3.73. The molecule has 0 saturated carbocycles. The van der Waals surface area contributed by atoms with E-state index in [4.69, 9.17) is 4.42 Å². The molecule has 4 aromatic rings. The van der Waals surface area contributed by atoms with E-state index in [1.54, 1.807) is 0 Å². The van der Waals surface area contributed by atoms with Crippen LogP contribution in [0.4, 0.5) is 35.1 Å². The Bertz CT molecular complexity index is 1690. The predicted molar refractivity (Wildman–Crippen MR) is 116 cm³/mol. The predicted octanol–water partition coefficient (Wildman–Crippen LogP) is 5.88. The van der Waals surface area contributed by atoms with E-state index in [1.807, 2.05) is 0 Å². The lowest BCUT2D eigenvalue weighted by Gasteiger charge is -2.32. The molecule has 4 rings (SSSR count). The minimum absolute atomic E-state index is 0.144. The topological polar surface area (TPSA) is 84.6 Å². The van der Waals surface area contributed by atoms with Crippen molar-refractivity contribution in [3.05, 3.63) is 94.3 Å². The second-order valence-electron chi connectivity index (χ2n) is 8.03. The summed E-state index contributed by atoms with van der Waals surface area (Å²) in [4.78, 5) is 9.97. The molecule has 1 N–H and O–H groups in total. The Labute approximate surface area is 207 Å². The highest BCUT2D eigenvalue weighted by Gasteiger charge is 2.71. The van der Waals surface area contributed by atoms with Gasteiger partial charge in [-0.25, -0.2) is 22.0 Å². The molecule has 0 saturated heterocycles. The van der Waals surface area contributed by atoms with Crippen LogP contribution in [0.5, 0.6) is 0 Å². The molecule has 0 amide bonds. The SMILES string of the molecule is O=c1cc(-c2ccc(F)cc2)c2ccc(S(=O)(=O)c3cc(F)cc(C(O)(C(F)(F)F)C(F)(F)F)c3)cc2o1. The van der Waals surface area contributed by atoms with Crippen LogP contribution in [0.15, 0.2) is 85.7 Å². The van der Waals surface area contributed by atoms with Crippen molar-refractivity contribution in [2.24, 2.45) is 0 Å². The quantitative estimate of drug-likeness (QED) is 0.247. The van der Waals surface area contributed by atoms with Gasteiger partial charge in [0, 0.05) is 23.1 Å². The Morgan fingerprint density at radius 2 is 1.32 bits per heavy atom. The molecule has 0 atom stereocenters. The van der Waals surface area contributed by atoms with Crippen LogP contribution < -0.4 is 5.63 Å². The third kappa shape index (κ3) is 4.53. The van der Waals surface area contributed by atoms with Gasteiger partial charge in [-0.3, -0.25) is 0 Å². The van der Waals surface area contributed by atoms with Gasteiger partial charge >= 0.3 is 18.0 Å². The highest BCUT2D eigenvalue weighted by Crippen LogP contribution is 2.50. The molecule has 0 radical (unpaired) electrons. The van der Waals surface area contributed by atoms with Crippen molar-refractivity contribution in [2.45, 2.75) is 27.7 Å². The smallest absolute Gasteiger partial charge is 0.423 e. The Morgan fingerprint density at radius 1 is 0.711 bits per heavy atom. The largest absolute Gasteiger partial charge is 0.430 e. The van der Waals surface area contributed by atoms with Crippen LogP contribution in [-0.2, 0) is 15.4 Å². The van der Waals surface area contributed by atoms with E-state index in [9.17, 15) is 53.4 Å². The highest BCUT2D eigenvalue weighted by atomic mass is 32.2. The molecule has 1 aromatic heterocycles. The van der Waals surface area contributed by atoms with E-state index in [1.165, 1.54) is 12.1 Å². The van der Waals surface area contributed by atoms with Gasteiger partial charge < -0.3 is 9.52 Å². The molecule has 0 aliphatic heterocycles. The lowest BCUT2D eigenvalue weighted by Crippen LogP contribution is -2.54. The molecule has 0 unspecified atom stereocenters. The summed E-state index contributed by atoms with van der Waals surface area (Å²) in [6, 6.07) is 8.42. The van der Waals surface area contributed by atoms with Crippen LogP contribution in [0.25, 0.3) is 22.1 Å². The van der Waals surface area contributed by atoms with E-state index in [0.29, 0.717) is 5.56 Å². The van der Waals surface area contributed by atoms with Gasteiger partial charge in [-0.15, -0.1) is 0 Å². The van der Waals surface area contributed by atoms with Gasteiger partial charge in [-0.1, -0.05) is 12.1 Å². The fourth-order valence-corrected chi connectivity index (χ4v) is 5.06. The molecule has 0 aliphatic rings. The summed E-state index contributed by atoms with van der Waals surface area (Å²) in [5.74, 6) is -2.38. The summed E-state index contributed by atoms with van der Waals surface area (Å²) in [5.41, 5.74) is -8.45. The molecule has 0 aliphatic carbocycles. The van der Waals surface area contributed by atoms with E-state index in [2.05, 4.69) is 0 Å². The summed E-state index contributed by atoms with van der Waals surface area (Å²) in [5, 5.41) is 9.74. The zero-order valence-electron chi connectivity index (χ0n) is 18.4. The van der Waals surface area contributed by atoms with Crippen LogP contribution in [0.1, 0.15) is 5.56 Å². The molecule has 5 nitrogen and oxygen atoms in total. The number of hydrogen-bond donors (Lipinski definition) is 1. The molecule has 38 heavy (non-hydrogen) atoms. The maximum Gasteiger partial charge on any atom is 0.430 e. The van der Waals surface area contributed by atoms with Crippen LogP contribution in [0, 0.1) is 11.6 Å². The first-order valence-electron chi connectivity index (χ1n) is 10.2. The molecule has 0 fully saturated rings. The van der Waals surface area contributed by atoms with Gasteiger partial charge in [0.2, 0.25) is 9.84 Å². The number of hydrogen-bond acceptors (Lipinski definition) is 5. The fraction of sp³-hybridized carbons (Fsp3) is 0.125. The maximum absolute atomic E-state index is 14.2. The summed E-state index contributed by atoms with van der Waals surface area (Å²) >= 11 is 0. The standard InChI is InChI=1S/C24H12F8O5S/c25-14-3-1-12(2-4-14)19-11-21(33)37-20-10-16(5-6-18(19)20)38(35,36)17-8-13(7-15(26)9-17)22(34,23(27,28)29)24(30,31)32/h1-11,34H. The average molecular weight is 564 g/mol. The number of aliphatic hydroxyl groups is 1. The third-order valence-corrected chi connectivity index (χ3v) is 7.33. The first kappa shape index (κ1) is 27.3. The van der Waals surface area contributed by atoms with E-state index in [-0.39, 0.29) is 34.7 Å². The van der Waals surface area contributed by atoms with Crippen molar-refractivity contribution >= 4 is 20.8 Å². The Morgan fingerprint density at radius 3 is 1.89 bits per heavy atom. The number of rotatable bonds is 4. The third-order valence-electron chi connectivity index (χ3n) is 5.60. The van der Waals surface area contributed by atoms with Gasteiger partial charge in [0.15, 0.2) is 0 Å². The number of halogens is 8. The Balaban J connectivity index is 1.90. The normalized spacial score (nSPS) is 13.2. The summed E-state index contributed by atoms with van der Waals surface area (Å²) in [6.07, 6.45) is -12.8. The molecule has 0 bridgehead atoms. The lowest BCUT2D eigenvalue weighted by molar-refractivity contribution is -0.376. The summed E-state index contributed by atoms with van der Waals surface area (Å²) < 4.78 is 138. The molecular weight excluding hydrogens is 552 g/mol. The van der Waals surface area contributed by atoms with Crippen LogP contribution in [-0.4, -0.2) is 25.9 Å². The molecule has 0 spiro atoms. The van der Waals surface area contributed by atoms with Crippen molar-refractivity contribution < 1.29 is 53.1 Å². The second kappa shape index (κ2) is 8.91. The lowest BCUT2D eigenvalue weighted by atomic mass is 9.92. The van der Waals surface area contributed by atoms with Crippen LogP contribution in [0.2, 0.25) is 0 Å². The van der Waals surface area contributed by atoms with Gasteiger partial charge in [-0.05, 0) is 53.6 Å². The van der Waals surface area contributed by atoms with Gasteiger partial charge in [0.1, 0.15) is 17.2 Å². The number of sulfone groups is 1. The number of benzene rings is 3. The van der Waals surface area contributed by atoms with Crippen molar-refractivity contribution in [2.75, 3.05) is 0 Å². The summed E-state index contributed by atoms with van der Waals surface area (Å²) in [7, 11) is -5.02. The monoisotopic (exact) mass is 564 g/mol. The van der Waals surface area contributed by atoms with E-state index < -0.39 is 60.4 Å². The van der Waals surface area contributed by atoms with Crippen molar-refractivity contribution in [1.82, 2.24) is 0 Å². The van der Waals surface area contributed by atoms with E-state index >= 15 is 0 Å². The zero-order chi connectivity index (χ0) is 28.3. The minimum atomic E-state index is -6.39. The Hall–Kier alpha value is -3.78. The van der Waals surface area contributed by atoms with Crippen molar-refractivity contribution in [3.63, 3.8) is 0 Å². The highest BCUT2D eigenvalue weighted by molar-refractivity contribution is 7.91. The van der Waals surface area contributed by atoms with E-state index in [0.717, 1.165) is 36.4 Å². The first-order valence-corrected chi connectivity index (χ1v) is 11.7. The number of fused-ring (bicyclic) bond motifs is 1. The first-order chi connectivity index (χ1) is 17.4. The molecule has 14 heteroatoms.